The summed E-state index contributed by atoms with van der Waals surface area (Å²) >= 11 is 5.77. The van der Waals surface area contributed by atoms with E-state index in [0.717, 1.165) is 12.2 Å². The van der Waals surface area contributed by atoms with Crippen molar-refractivity contribution in [3.8, 4) is 5.75 Å². The average molecular weight is 334 g/mol. The minimum atomic E-state index is -0.715. The van der Waals surface area contributed by atoms with Gasteiger partial charge in [0.1, 0.15) is 12.4 Å². The second-order valence-corrected chi connectivity index (χ2v) is 5.51. The molecule has 0 unspecified atom stereocenters. The summed E-state index contributed by atoms with van der Waals surface area (Å²) in [7, 11) is 0. The monoisotopic (exact) mass is 333 g/mol. The van der Waals surface area contributed by atoms with Gasteiger partial charge in [0.15, 0.2) is 0 Å². The van der Waals surface area contributed by atoms with Crippen molar-refractivity contribution < 1.29 is 14.3 Å². The van der Waals surface area contributed by atoms with Gasteiger partial charge in [0.05, 0.1) is 6.54 Å². The molecule has 2 aromatic carbocycles. The van der Waals surface area contributed by atoms with Crippen LogP contribution in [-0.2, 0) is 4.74 Å². The van der Waals surface area contributed by atoms with Crippen molar-refractivity contribution in [3.05, 3.63) is 59.1 Å². The lowest BCUT2D eigenvalue weighted by molar-refractivity contribution is 0.101. The van der Waals surface area contributed by atoms with E-state index in [4.69, 9.17) is 21.1 Å². The van der Waals surface area contributed by atoms with Crippen LogP contribution < -0.4 is 9.64 Å². The Kier molecular flexibility index (Phi) is 6.29. The van der Waals surface area contributed by atoms with Crippen molar-refractivity contribution in [1.82, 2.24) is 0 Å². The van der Waals surface area contributed by atoms with Crippen LogP contribution in [0, 0.1) is 6.92 Å². The molecular formula is C18H20ClNO3. The van der Waals surface area contributed by atoms with Gasteiger partial charge >= 0.3 is 6.16 Å². The Labute approximate surface area is 141 Å². The molecule has 5 heteroatoms. The first-order valence-electron chi connectivity index (χ1n) is 7.50. The number of likely N-dealkylation sites (N-methyl/N-ethyl adjacent to an activating group) is 1. The lowest BCUT2D eigenvalue weighted by atomic mass is 10.2. The van der Waals surface area contributed by atoms with Gasteiger partial charge in [-0.05, 0) is 55.8 Å². The Balaban J connectivity index is 1.80. The van der Waals surface area contributed by atoms with Crippen LogP contribution in [0.25, 0.3) is 0 Å². The third-order valence-electron chi connectivity index (χ3n) is 3.34. The number of carbonyl (C=O) groups excluding carboxylic acids is 1. The van der Waals surface area contributed by atoms with Crippen molar-refractivity contribution in [2.24, 2.45) is 0 Å². The summed E-state index contributed by atoms with van der Waals surface area (Å²) in [6.07, 6.45) is -0.715. The summed E-state index contributed by atoms with van der Waals surface area (Å²) < 4.78 is 10.2. The number of ether oxygens (including phenoxy) is 2. The highest BCUT2D eigenvalue weighted by atomic mass is 35.5. The van der Waals surface area contributed by atoms with E-state index in [9.17, 15) is 4.79 Å². The minimum Gasteiger partial charge on any atom is -0.432 e. The van der Waals surface area contributed by atoms with Crippen LogP contribution in [-0.4, -0.2) is 25.9 Å². The SMILES string of the molecule is CCN(CCOC(=O)Oc1ccc(Cl)cc1)c1cccc(C)c1. The lowest BCUT2D eigenvalue weighted by Gasteiger charge is -2.23. The second-order valence-electron chi connectivity index (χ2n) is 5.07. The van der Waals surface area contributed by atoms with Crippen LogP contribution in [0.3, 0.4) is 0 Å². The molecule has 0 bridgehead atoms. The fraction of sp³-hybridized carbons (Fsp3) is 0.278. The molecule has 2 aromatic rings. The summed E-state index contributed by atoms with van der Waals surface area (Å²) in [5, 5.41) is 0.586. The summed E-state index contributed by atoms with van der Waals surface area (Å²) in [6, 6.07) is 14.8. The number of hydrogen-bond acceptors (Lipinski definition) is 4. The normalized spacial score (nSPS) is 10.2. The van der Waals surface area contributed by atoms with E-state index in [1.807, 2.05) is 12.1 Å². The molecule has 0 aliphatic heterocycles. The largest absolute Gasteiger partial charge is 0.513 e. The second kappa shape index (κ2) is 8.44. The zero-order valence-electron chi connectivity index (χ0n) is 13.3. The van der Waals surface area contributed by atoms with Gasteiger partial charge in [-0.25, -0.2) is 4.79 Å². The first-order chi connectivity index (χ1) is 11.1. The van der Waals surface area contributed by atoms with Gasteiger partial charge in [0.2, 0.25) is 0 Å². The molecule has 0 atom stereocenters. The minimum absolute atomic E-state index is 0.258. The average Bonchev–Trinajstić information content (AvgIpc) is 2.54. The molecule has 0 aliphatic rings. The fourth-order valence-electron chi connectivity index (χ4n) is 2.16. The molecule has 23 heavy (non-hydrogen) atoms. The van der Waals surface area contributed by atoms with E-state index in [0.29, 0.717) is 17.3 Å². The molecular weight excluding hydrogens is 314 g/mol. The highest BCUT2D eigenvalue weighted by molar-refractivity contribution is 6.30. The molecule has 0 aromatic heterocycles. The lowest BCUT2D eigenvalue weighted by Crippen LogP contribution is -2.28. The quantitative estimate of drug-likeness (QED) is 0.568. The Morgan fingerprint density at radius 2 is 1.91 bits per heavy atom. The topological polar surface area (TPSA) is 38.8 Å². The van der Waals surface area contributed by atoms with E-state index in [-0.39, 0.29) is 6.61 Å². The predicted octanol–water partition coefficient (Wildman–Crippen LogP) is 4.69. The number of hydrogen-bond donors (Lipinski definition) is 0. The Morgan fingerprint density at radius 1 is 1.17 bits per heavy atom. The smallest absolute Gasteiger partial charge is 0.432 e. The van der Waals surface area contributed by atoms with Crippen LogP contribution >= 0.6 is 11.6 Å². The third-order valence-corrected chi connectivity index (χ3v) is 3.60. The first-order valence-corrected chi connectivity index (χ1v) is 7.88. The molecule has 0 saturated carbocycles. The standard InChI is InChI=1S/C18H20ClNO3/c1-3-20(16-6-4-5-14(2)13-16)11-12-22-18(21)23-17-9-7-15(19)8-10-17/h4-10,13H,3,11-12H2,1-2H3. The van der Waals surface area contributed by atoms with E-state index >= 15 is 0 Å². The van der Waals surface area contributed by atoms with E-state index in [2.05, 4.69) is 30.9 Å². The molecule has 0 fully saturated rings. The maximum Gasteiger partial charge on any atom is 0.513 e. The van der Waals surface area contributed by atoms with Gasteiger partial charge in [0, 0.05) is 17.3 Å². The van der Waals surface area contributed by atoms with Gasteiger partial charge in [-0.15, -0.1) is 0 Å². The summed E-state index contributed by atoms with van der Waals surface area (Å²) in [5.74, 6) is 0.408. The number of benzene rings is 2. The molecule has 0 aliphatic carbocycles. The van der Waals surface area contributed by atoms with Crippen LogP contribution in [0.1, 0.15) is 12.5 Å². The van der Waals surface area contributed by atoms with Crippen LogP contribution in [0.2, 0.25) is 5.02 Å². The van der Waals surface area contributed by atoms with Gasteiger partial charge in [-0.3, -0.25) is 0 Å². The van der Waals surface area contributed by atoms with Crippen LogP contribution in [0.5, 0.6) is 5.75 Å². The zero-order chi connectivity index (χ0) is 16.7. The molecule has 2 rings (SSSR count). The molecule has 0 heterocycles. The molecule has 122 valence electrons. The third kappa shape index (κ3) is 5.49. The van der Waals surface area contributed by atoms with Crippen molar-refractivity contribution in [2.45, 2.75) is 13.8 Å². The van der Waals surface area contributed by atoms with Crippen LogP contribution in [0.15, 0.2) is 48.5 Å². The zero-order valence-corrected chi connectivity index (χ0v) is 14.0. The first kappa shape index (κ1) is 17.2. The number of halogens is 1. The maximum absolute atomic E-state index is 11.7. The summed E-state index contributed by atoms with van der Waals surface area (Å²) in [6.45, 7) is 5.81. The number of rotatable bonds is 6. The molecule has 0 radical (unpaired) electrons. The van der Waals surface area contributed by atoms with E-state index in [1.54, 1.807) is 24.3 Å². The summed E-state index contributed by atoms with van der Waals surface area (Å²) in [5.41, 5.74) is 2.31. The Morgan fingerprint density at radius 3 is 2.57 bits per heavy atom. The fourth-order valence-corrected chi connectivity index (χ4v) is 2.29. The number of aryl methyl sites for hydroxylation is 1. The van der Waals surface area contributed by atoms with Gasteiger partial charge in [0.25, 0.3) is 0 Å². The van der Waals surface area contributed by atoms with Crippen molar-refractivity contribution in [2.75, 3.05) is 24.6 Å². The molecule has 0 spiro atoms. The Bertz CT molecular complexity index is 643. The Hall–Kier alpha value is -2.20. The van der Waals surface area contributed by atoms with E-state index < -0.39 is 6.16 Å². The highest BCUT2D eigenvalue weighted by Crippen LogP contribution is 2.17. The van der Waals surface area contributed by atoms with Gasteiger partial charge < -0.3 is 14.4 Å². The van der Waals surface area contributed by atoms with Gasteiger partial charge in [-0.2, -0.15) is 0 Å². The maximum atomic E-state index is 11.7. The molecule has 0 amide bonds. The number of carbonyl (C=O) groups is 1. The van der Waals surface area contributed by atoms with Crippen molar-refractivity contribution >= 4 is 23.4 Å². The molecule has 0 saturated heterocycles. The molecule has 4 nitrogen and oxygen atoms in total. The predicted molar refractivity (Wildman–Crippen MR) is 92.5 cm³/mol. The van der Waals surface area contributed by atoms with Crippen LogP contribution in [0.4, 0.5) is 10.5 Å². The van der Waals surface area contributed by atoms with E-state index in [1.165, 1.54) is 5.56 Å². The number of nitrogens with zero attached hydrogens (tertiary/aromatic N) is 1. The highest BCUT2D eigenvalue weighted by Gasteiger charge is 2.09. The summed E-state index contributed by atoms with van der Waals surface area (Å²) in [4.78, 5) is 13.8. The van der Waals surface area contributed by atoms with Gasteiger partial charge in [-0.1, -0.05) is 23.7 Å². The molecule has 0 N–H and O–H groups in total. The number of anilines is 1. The van der Waals surface area contributed by atoms with Crippen molar-refractivity contribution in [1.29, 1.82) is 0 Å². The van der Waals surface area contributed by atoms with Crippen molar-refractivity contribution in [3.63, 3.8) is 0 Å².